The van der Waals surface area contributed by atoms with Gasteiger partial charge in [0.25, 0.3) is 5.91 Å². The number of nitrogens with one attached hydrogen (secondary N) is 5. The van der Waals surface area contributed by atoms with Gasteiger partial charge in [-0.15, -0.1) is 0 Å². The molecule has 0 spiro atoms. The number of amides is 1. The molecule has 0 aliphatic rings. The van der Waals surface area contributed by atoms with Crippen LogP contribution in [-0.4, -0.2) is 64.6 Å². The summed E-state index contributed by atoms with van der Waals surface area (Å²) in [4.78, 5) is 12.8. The fourth-order valence-electron chi connectivity index (χ4n) is 2.66. The van der Waals surface area contributed by atoms with Gasteiger partial charge < -0.3 is 5.32 Å². The van der Waals surface area contributed by atoms with E-state index in [4.69, 9.17) is 0 Å². The van der Waals surface area contributed by atoms with Crippen molar-refractivity contribution in [3.8, 4) is 0 Å². The lowest BCUT2D eigenvalue weighted by Gasteiger charge is -2.15. The summed E-state index contributed by atoms with van der Waals surface area (Å²) in [6.45, 7) is 0. The van der Waals surface area contributed by atoms with E-state index in [0.29, 0.717) is 0 Å². The van der Waals surface area contributed by atoms with Gasteiger partial charge in [-0.2, -0.15) is 0 Å². The number of anilines is 5. The van der Waals surface area contributed by atoms with Gasteiger partial charge in [0, 0.05) is 11.3 Å². The number of carbonyl (C=O) groups excluding carboxylic acids is 1. The molecule has 0 unspecified atom stereocenters. The first kappa shape index (κ1) is 28.1. The van der Waals surface area contributed by atoms with E-state index in [1.807, 2.05) is 0 Å². The quantitative estimate of drug-likeness (QED) is 0.268. The highest BCUT2D eigenvalue weighted by Crippen LogP contribution is 2.29. The first-order chi connectivity index (χ1) is 15.7. The molecule has 35 heavy (non-hydrogen) atoms. The lowest BCUT2D eigenvalue weighted by Crippen LogP contribution is -2.18. The highest BCUT2D eigenvalue weighted by Gasteiger charge is 2.17. The summed E-state index contributed by atoms with van der Waals surface area (Å²) in [6, 6.07) is 7.19. The fourth-order valence-corrected chi connectivity index (χ4v) is 4.95. The average molecular weight is 570 g/mol. The first-order valence-corrected chi connectivity index (χ1v) is 16.8. The number of hydrogen-bond acceptors (Lipinski definition) is 9. The summed E-state index contributed by atoms with van der Waals surface area (Å²) in [7, 11) is -15.2. The van der Waals surface area contributed by atoms with E-state index in [1.54, 1.807) is 0 Å². The van der Waals surface area contributed by atoms with Crippen LogP contribution in [0.4, 0.5) is 28.4 Å². The Morgan fingerprint density at radius 3 is 1.34 bits per heavy atom. The molecule has 0 fully saturated rings. The van der Waals surface area contributed by atoms with E-state index in [1.165, 1.54) is 30.3 Å². The van der Waals surface area contributed by atoms with Gasteiger partial charge in [0.05, 0.1) is 47.8 Å². The predicted octanol–water partition coefficient (Wildman–Crippen LogP) is 0.425. The van der Waals surface area contributed by atoms with E-state index >= 15 is 0 Å². The molecule has 0 radical (unpaired) electrons. The maximum Gasteiger partial charge on any atom is 0.255 e. The van der Waals surface area contributed by atoms with E-state index in [-0.39, 0.29) is 34.0 Å². The lowest BCUT2D eigenvalue weighted by atomic mass is 10.1. The van der Waals surface area contributed by atoms with Crippen molar-refractivity contribution in [1.82, 2.24) is 0 Å². The Labute approximate surface area is 203 Å². The molecule has 2 aromatic rings. The highest BCUT2D eigenvalue weighted by molar-refractivity contribution is 7.93. The van der Waals surface area contributed by atoms with Crippen molar-refractivity contribution in [1.29, 1.82) is 0 Å². The van der Waals surface area contributed by atoms with Crippen molar-refractivity contribution in [3.63, 3.8) is 0 Å². The van der Waals surface area contributed by atoms with Crippen LogP contribution in [0, 0.1) is 0 Å². The molecule has 18 heteroatoms. The van der Waals surface area contributed by atoms with Crippen molar-refractivity contribution in [2.45, 2.75) is 0 Å². The molecule has 0 aromatic heterocycles. The molecular formula is C17H23N5O9S4. The van der Waals surface area contributed by atoms with Crippen LogP contribution in [0.2, 0.25) is 0 Å². The molecule has 0 heterocycles. The van der Waals surface area contributed by atoms with Crippen LogP contribution in [0.25, 0.3) is 0 Å². The Hall–Kier alpha value is -3.09. The van der Waals surface area contributed by atoms with Crippen LogP contribution in [0.1, 0.15) is 10.4 Å². The van der Waals surface area contributed by atoms with Gasteiger partial charge in [-0.1, -0.05) is 0 Å². The number of sulfonamides is 4. The molecule has 2 aromatic carbocycles. The summed E-state index contributed by atoms with van der Waals surface area (Å²) < 4.78 is 102. The Kier molecular flexibility index (Phi) is 7.94. The third kappa shape index (κ3) is 9.97. The van der Waals surface area contributed by atoms with E-state index in [9.17, 15) is 38.5 Å². The second-order valence-electron chi connectivity index (χ2n) is 7.47. The summed E-state index contributed by atoms with van der Waals surface area (Å²) in [5.41, 5.74) is -0.597. The largest absolute Gasteiger partial charge is 0.322 e. The van der Waals surface area contributed by atoms with Crippen molar-refractivity contribution in [2.75, 3.05) is 49.2 Å². The van der Waals surface area contributed by atoms with Crippen LogP contribution in [-0.2, 0) is 40.1 Å². The molecule has 0 saturated heterocycles. The fraction of sp³-hybridized carbons (Fsp3) is 0.235. The SMILES string of the molecule is CS(=O)(=O)Nc1ccc(NC(=O)c2ccc(NS(C)(=O)=O)c(NS(C)(=O)=O)c2)cc1NS(C)(=O)=O. The minimum absolute atomic E-state index is 0.0659. The summed E-state index contributed by atoms with van der Waals surface area (Å²) in [5, 5.41) is 2.47. The second kappa shape index (κ2) is 9.88. The van der Waals surface area contributed by atoms with Crippen LogP contribution < -0.4 is 24.2 Å². The van der Waals surface area contributed by atoms with E-state index < -0.39 is 46.0 Å². The Balaban J connectivity index is 2.44. The van der Waals surface area contributed by atoms with Crippen LogP contribution in [0.5, 0.6) is 0 Å². The monoisotopic (exact) mass is 569 g/mol. The zero-order valence-corrected chi connectivity index (χ0v) is 22.0. The molecule has 194 valence electrons. The predicted molar refractivity (Wildman–Crippen MR) is 135 cm³/mol. The smallest absolute Gasteiger partial charge is 0.255 e. The van der Waals surface area contributed by atoms with E-state index in [0.717, 1.165) is 31.1 Å². The van der Waals surface area contributed by atoms with E-state index in [2.05, 4.69) is 24.2 Å². The molecule has 0 saturated carbocycles. The summed E-state index contributed by atoms with van der Waals surface area (Å²) in [6.07, 6.45) is 3.43. The maximum atomic E-state index is 12.8. The molecule has 2 rings (SSSR count). The summed E-state index contributed by atoms with van der Waals surface area (Å²) in [5.74, 6) is -0.762. The van der Waals surface area contributed by atoms with Crippen molar-refractivity contribution < 1.29 is 38.5 Å². The van der Waals surface area contributed by atoms with Crippen molar-refractivity contribution in [3.05, 3.63) is 42.0 Å². The van der Waals surface area contributed by atoms with Crippen LogP contribution in [0.15, 0.2) is 36.4 Å². The highest BCUT2D eigenvalue weighted by atomic mass is 32.2. The number of benzene rings is 2. The third-order valence-corrected chi connectivity index (χ3v) is 6.10. The third-order valence-electron chi connectivity index (χ3n) is 3.74. The van der Waals surface area contributed by atoms with Gasteiger partial charge in [0.15, 0.2) is 0 Å². The molecule has 5 N–H and O–H groups in total. The standard InChI is InChI=1S/C17H23N5O9S4/c1-32(24,25)19-13-7-5-11(9-15(13)21-34(3,28)29)17(23)18-12-6-8-14(20-33(2,26)27)16(10-12)22-35(4,30)31/h5-10,19-22H,1-4H3,(H,18,23). The van der Waals surface area contributed by atoms with Crippen LogP contribution >= 0.6 is 0 Å². The normalized spacial score (nSPS) is 12.5. The van der Waals surface area contributed by atoms with Gasteiger partial charge in [-0.25, -0.2) is 33.7 Å². The minimum Gasteiger partial charge on any atom is -0.322 e. The molecule has 14 nitrogen and oxygen atoms in total. The topological polar surface area (TPSA) is 214 Å². The van der Waals surface area contributed by atoms with Crippen molar-refractivity contribution >= 4 is 74.4 Å². The first-order valence-electron chi connectivity index (χ1n) is 9.21. The molecule has 0 bridgehead atoms. The molecule has 0 aliphatic heterocycles. The van der Waals surface area contributed by atoms with Gasteiger partial charge in [0.2, 0.25) is 40.1 Å². The van der Waals surface area contributed by atoms with Crippen LogP contribution in [0.3, 0.4) is 0 Å². The lowest BCUT2D eigenvalue weighted by molar-refractivity contribution is 0.102. The molecule has 1 amide bonds. The molecule has 0 atom stereocenters. The number of rotatable bonds is 10. The van der Waals surface area contributed by atoms with Gasteiger partial charge in [0.1, 0.15) is 0 Å². The van der Waals surface area contributed by atoms with Gasteiger partial charge in [-0.05, 0) is 36.4 Å². The second-order valence-corrected chi connectivity index (χ2v) is 14.5. The minimum atomic E-state index is -3.84. The van der Waals surface area contributed by atoms with Gasteiger partial charge in [-0.3, -0.25) is 23.7 Å². The maximum absolute atomic E-state index is 12.8. The summed E-state index contributed by atoms with van der Waals surface area (Å²) >= 11 is 0. The number of hydrogen-bond donors (Lipinski definition) is 5. The Morgan fingerprint density at radius 1 is 0.543 bits per heavy atom. The Bertz CT molecular complexity index is 1580. The zero-order chi connectivity index (χ0) is 26.8. The van der Waals surface area contributed by atoms with Gasteiger partial charge >= 0.3 is 0 Å². The Morgan fingerprint density at radius 2 is 0.914 bits per heavy atom. The average Bonchev–Trinajstić information content (AvgIpc) is 2.60. The number of carbonyl (C=O) groups is 1. The molecule has 0 aliphatic carbocycles. The zero-order valence-electron chi connectivity index (χ0n) is 18.8. The molecular weight excluding hydrogens is 546 g/mol. The van der Waals surface area contributed by atoms with Crippen molar-refractivity contribution in [2.24, 2.45) is 0 Å².